The number of aromatic nitrogens is 1. The Morgan fingerprint density at radius 3 is 2.57 bits per heavy atom. The maximum atomic E-state index is 13.9. The maximum absolute atomic E-state index is 13.9. The predicted molar refractivity (Wildman–Crippen MR) is 145 cm³/mol. The van der Waals surface area contributed by atoms with Gasteiger partial charge in [0.25, 0.3) is 5.91 Å². The fourth-order valence-electron chi connectivity index (χ4n) is 4.69. The molecule has 1 aliphatic heterocycles. The Morgan fingerprint density at radius 2 is 1.84 bits per heavy atom. The molecule has 5 rings (SSSR count). The lowest BCUT2D eigenvalue weighted by atomic mass is 9.97. The van der Waals surface area contributed by atoms with Gasteiger partial charge < -0.3 is 13.9 Å². The number of aryl methyl sites for hydroxylation is 2. The van der Waals surface area contributed by atoms with E-state index >= 15 is 0 Å². The number of thiazole rings is 1. The highest BCUT2D eigenvalue weighted by Crippen LogP contribution is 2.44. The number of benzene rings is 2. The number of hydrogen-bond donors (Lipinski definition) is 0. The Hall–Kier alpha value is -3.65. The number of carbonyl (C=O) groups excluding carboxylic acids is 1. The molecule has 0 fully saturated rings. The molecule has 0 saturated carbocycles. The minimum Gasteiger partial charge on any atom is -0.490 e. The molecule has 0 saturated heterocycles. The summed E-state index contributed by atoms with van der Waals surface area (Å²) in [5.41, 5.74) is 3.21. The zero-order valence-electron chi connectivity index (χ0n) is 21.5. The van der Waals surface area contributed by atoms with E-state index in [0.717, 1.165) is 36.0 Å². The van der Waals surface area contributed by atoms with Crippen LogP contribution in [0.25, 0.3) is 11.0 Å². The molecule has 3 heterocycles. The van der Waals surface area contributed by atoms with Crippen molar-refractivity contribution in [3.8, 4) is 11.5 Å². The second kappa shape index (κ2) is 10.4. The van der Waals surface area contributed by atoms with Gasteiger partial charge in [-0.3, -0.25) is 14.5 Å². The first-order valence-electron chi connectivity index (χ1n) is 12.6. The second-order valence-corrected chi connectivity index (χ2v) is 10.1. The van der Waals surface area contributed by atoms with Gasteiger partial charge in [-0.05, 0) is 68.1 Å². The molecule has 1 unspecified atom stereocenters. The van der Waals surface area contributed by atoms with Crippen LogP contribution in [0.5, 0.6) is 11.5 Å². The smallest absolute Gasteiger partial charge is 0.297 e. The van der Waals surface area contributed by atoms with Crippen molar-refractivity contribution in [2.24, 2.45) is 0 Å². The van der Waals surface area contributed by atoms with Gasteiger partial charge in [0.1, 0.15) is 5.58 Å². The quantitative estimate of drug-likeness (QED) is 0.233. The SMILES string of the molecule is CCCCCOc1ccc(C2c3c(oc4cc(C)c(C)cc4c3=O)C(=O)N2c2nccs2)cc1OCC. The van der Waals surface area contributed by atoms with E-state index in [1.165, 1.54) is 11.3 Å². The van der Waals surface area contributed by atoms with E-state index in [0.29, 0.717) is 46.4 Å². The van der Waals surface area contributed by atoms with Crippen LogP contribution in [0.4, 0.5) is 5.13 Å². The molecule has 0 N–H and O–H groups in total. The van der Waals surface area contributed by atoms with Gasteiger partial charge >= 0.3 is 0 Å². The molecule has 1 amide bonds. The molecule has 0 bridgehead atoms. The first kappa shape index (κ1) is 25.0. The van der Waals surface area contributed by atoms with Crippen molar-refractivity contribution in [3.63, 3.8) is 0 Å². The van der Waals surface area contributed by atoms with Crippen molar-refractivity contribution in [1.82, 2.24) is 4.98 Å². The maximum Gasteiger partial charge on any atom is 0.297 e. The van der Waals surface area contributed by atoms with E-state index in [-0.39, 0.29) is 17.1 Å². The van der Waals surface area contributed by atoms with Crippen molar-refractivity contribution in [2.75, 3.05) is 18.1 Å². The lowest BCUT2D eigenvalue weighted by Crippen LogP contribution is -2.29. The molecule has 1 aliphatic rings. The van der Waals surface area contributed by atoms with Crippen LogP contribution >= 0.6 is 11.3 Å². The molecular formula is C29H30N2O5S. The van der Waals surface area contributed by atoms with Gasteiger partial charge in [0.2, 0.25) is 5.76 Å². The summed E-state index contributed by atoms with van der Waals surface area (Å²) in [5, 5.41) is 2.76. The highest BCUT2D eigenvalue weighted by atomic mass is 32.1. The van der Waals surface area contributed by atoms with Crippen LogP contribution in [0, 0.1) is 13.8 Å². The zero-order valence-corrected chi connectivity index (χ0v) is 22.3. The third-order valence-corrected chi connectivity index (χ3v) is 7.47. The lowest BCUT2D eigenvalue weighted by Gasteiger charge is -2.23. The lowest BCUT2D eigenvalue weighted by molar-refractivity contribution is 0.0971. The van der Waals surface area contributed by atoms with Crippen molar-refractivity contribution in [2.45, 2.75) is 53.0 Å². The summed E-state index contributed by atoms with van der Waals surface area (Å²) in [6.07, 6.45) is 4.80. The summed E-state index contributed by atoms with van der Waals surface area (Å²) >= 11 is 1.34. The molecule has 2 aromatic heterocycles. The zero-order chi connectivity index (χ0) is 26.1. The van der Waals surface area contributed by atoms with Crippen LogP contribution in [-0.2, 0) is 0 Å². The number of hydrogen-bond acceptors (Lipinski definition) is 7. The molecular weight excluding hydrogens is 488 g/mol. The standard InChI is InChI=1S/C29H30N2O5S/c1-5-7-8-12-35-21-10-9-19(16-23(21)34-6-2)25-24-26(32)20-14-17(3)18(4)15-22(20)36-27(24)28(33)31(25)29-30-11-13-37-29/h9-11,13-16,25H,5-8,12H2,1-4H3. The summed E-state index contributed by atoms with van der Waals surface area (Å²) in [4.78, 5) is 33.5. The molecule has 1 atom stereocenters. The Bertz CT molecular complexity index is 1510. The molecule has 0 radical (unpaired) electrons. The van der Waals surface area contributed by atoms with E-state index in [9.17, 15) is 9.59 Å². The second-order valence-electron chi connectivity index (χ2n) is 9.19. The first-order chi connectivity index (χ1) is 17.9. The first-order valence-corrected chi connectivity index (χ1v) is 13.5. The molecule has 4 aromatic rings. The van der Waals surface area contributed by atoms with Crippen molar-refractivity contribution in [3.05, 3.63) is 80.1 Å². The van der Waals surface area contributed by atoms with Gasteiger partial charge in [0.15, 0.2) is 22.1 Å². The van der Waals surface area contributed by atoms with Gasteiger partial charge in [0, 0.05) is 11.6 Å². The third-order valence-electron chi connectivity index (χ3n) is 6.70. The monoisotopic (exact) mass is 518 g/mol. The van der Waals surface area contributed by atoms with Crippen LogP contribution < -0.4 is 19.8 Å². The Kier molecular flexibility index (Phi) is 7.02. The number of unbranched alkanes of at least 4 members (excludes halogenated alkanes) is 2. The average Bonchev–Trinajstić information content (AvgIpc) is 3.51. The highest BCUT2D eigenvalue weighted by molar-refractivity contribution is 7.13. The van der Waals surface area contributed by atoms with Gasteiger partial charge in [0.05, 0.1) is 30.2 Å². The molecule has 0 spiro atoms. The summed E-state index contributed by atoms with van der Waals surface area (Å²) in [6.45, 7) is 9.02. The van der Waals surface area contributed by atoms with E-state index in [1.807, 2.05) is 51.1 Å². The van der Waals surface area contributed by atoms with E-state index in [4.69, 9.17) is 13.9 Å². The van der Waals surface area contributed by atoms with Gasteiger partial charge in [-0.15, -0.1) is 11.3 Å². The number of rotatable bonds is 9. The molecule has 0 aliphatic carbocycles. The number of ether oxygens (including phenoxy) is 2. The average molecular weight is 519 g/mol. The Morgan fingerprint density at radius 1 is 1.03 bits per heavy atom. The Labute approximate surface area is 219 Å². The molecule has 8 heteroatoms. The van der Waals surface area contributed by atoms with Crippen LogP contribution in [0.3, 0.4) is 0 Å². The summed E-state index contributed by atoms with van der Waals surface area (Å²) < 4.78 is 18.1. The third kappa shape index (κ3) is 4.50. The molecule has 37 heavy (non-hydrogen) atoms. The van der Waals surface area contributed by atoms with Crippen LogP contribution in [0.15, 0.2) is 51.1 Å². The van der Waals surface area contributed by atoms with Crippen molar-refractivity contribution >= 4 is 33.3 Å². The minimum absolute atomic E-state index is 0.0544. The fraction of sp³-hybridized carbons (Fsp3) is 0.345. The number of nitrogens with zero attached hydrogens (tertiary/aromatic N) is 2. The highest BCUT2D eigenvalue weighted by Gasteiger charge is 2.45. The van der Waals surface area contributed by atoms with Gasteiger partial charge in [-0.25, -0.2) is 4.98 Å². The topological polar surface area (TPSA) is 81.9 Å². The largest absolute Gasteiger partial charge is 0.490 e. The van der Waals surface area contributed by atoms with Crippen LogP contribution in [-0.4, -0.2) is 24.1 Å². The van der Waals surface area contributed by atoms with Crippen LogP contribution in [0.1, 0.15) is 72.0 Å². The summed E-state index contributed by atoms with van der Waals surface area (Å²) in [5.74, 6) is 0.890. The number of amides is 1. The molecule has 192 valence electrons. The number of anilines is 1. The predicted octanol–water partition coefficient (Wildman–Crippen LogP) is 6.58. The number of fused-ring (bicyclic) bond motifs is 2. The van der Waals surface area contributed by atoms with E-state index in [1.54, 1.807) is 16.5 Å². The summed E-state index contributed by atoms with van der Waals surface area (Å²) in [7, 11) is 0. The van der Waals surface area contributed by atoms with E-state index < -0.39 is 6.04 Å². The molecule has 7 nitrogen and oxygen atoms in total. The van der Waals surface area contributed by atoms with E-state index in [2.05, 4.69) is 11.9 Å². The Balaban J connectivity index is 1.67. The van der Waals surface area contributed by atoms with Gasteiger partial charge in [-0.2, -0.15) is 0 Å². The van der Waals surface area contributed by atoms with Crippen LogP contribution in [0.2, 0.25) is 0 Å². The summed E-state index contributed by atoms with van der Waals surface area (Å²) in [6, 6.07) is 8.54. The van der Waals surface area contributed by atoms with Gasteiger partial charge in [-0.1, -0.05) is 25.8 Å². The number of carbonyl (C=O) groups is 1. The fourth-order valence-corrected chi connectivity index (χ4v) is 5.36. The van der Waals surface area contributed by atoms with Crippen molar-refractivity contribution < 1.29 is 18.7 Å². The van der Waals surface area contributed by atoms with Crippen molar-refractivity contribution in [1.29, 1.82) is 0 Å². The molecule has 2 aromatic carbocycles. The minimum atomic E-state index is -0.704. The normalized spacial score (nSPS) is 14.9.